The minimum atomic E-state index is -0.727. The Morgan fingerprint density at radius 3 is 2.81 bits per heavy atom. The highest BCUT2D eigenvalue weighted by Crippen LogP contribution is 2.55. The van der Waals surface area contributed by atoms with Gasteiger partial charge in [-0.05, 0) is 36.3 Å². The molecule has 1 saturated carbocycles. The fraction of sp³-hybridized carbons (Fsp3) is 0.375. The summed E-state index contributed by atoms with van der Waals surface area (Å²) in [5, 5.41) is 0.669. The lowest BCUT2D eigenvalue weighted by molar-refractivity contribution is -0.134. The topological polar surface area (TPSA) is 46.6 Å². The number of halogens is 1. The van der Waals surface area contributed by atoms with Crippen LogP contribution in [0.15, 0.2) is 36.4 Å². The summed E-state index contributed by atoms with van der Waals surface area (Å²) in [5.74, 6) is 0.247. The molecule has 0 radical (unpaired) electrons. The van der Waals surface area contributed by atoms with E-state index in [9.17, 15) is 9.59 Å². The molecular formula is C16H14ClNO3. The zero-order valence-corrected chi connectivity index (χ0v) is 12.0. The maximum Gasteiger partial charge on any atom is 0.251 e. The van der Waals surface area contributed by atoms with Crippen molar-refractivity contribution in [3.8, 4) is 0 Å². The Bertz CT molecular complexity index is 654. The first-order chi connectivity index (χ1) is 10.1. The van der Waals surface area contributed by atoms with E-state index in [4.69, 9.17) is 16.3 Å². The number of hydrogen-bond donors (Lipinski definition) is 0. The summed E-state index contributed by atoms with van der Waals surface area (Å²) in [7, 11) is 0. The molecule has 2 fully saturated rings. The molecular weight excluding hydrogens is 290 g/mol. The van der Waals surface area contributed by atoms with Gasteiger partial charge in [-0.3, -0.25) is 9.59 Å². The van der Waals surface area contributed by atoms with Gasteiger partial charge in [-0.15, -0.1) is 0 Å². The lowest BCUT2D eigenvalue weighted by atomic mass is 9.96. The summed E-state index contributed by atoms with van der Waals surface area (Å²) in [5.41, 5.74) is 0.273. The Morgan fingerprint density at radius 1 is 1.29 bits per heavy atom. The maximum absolute atomic E-state index is 12.2. The van der Waals surface area contributed by atoms with Crippen molar-refractivity contribution in [2.75, 3.05) is 6.61 Å². The number of carbonyl (C=O) groups excluding carboxylic acids is 2. The first-order valence-corrected chi connectivity index (χ1v) is 7.40. The van der Waals surface area contributed by atoms with Crippen LogP contribution in [0.3, 0.4) is 0 Å². The second kappa shape index (κ2) is 4.42. The number of ketones is 1. The first-order valence-electron chi connectivity index (χ1n) is 7.02. The molecule has 0 bridgehead atoms. The van der Waals surface area contributed by atoms with Gasteiger partial charge in [0.25, 0.3) is 5.91 Å². The average molecular weight is 304 g/mol. The number of benzene rings is 1. The Morgan fingerprint density at radius 2 is 2.05 bits per heavy atom. The molecule has 3 aliphatic rings. The van der Waals surface area contributed by atoms with Gasteiger partial charge >= 0.3 is 0 Å². The van der Waals surface area contributed by atoms with Crippen molar-refractivity contribution in [3.05, 3.63) is 47.0 Å². The summed E-state index contributed by atoms with van der Waals surface area (Å²) in [6.07, 6.45) is 4.14. The Hall–Kier alpha value is -1.65. The van der Waals surface area contributed by atoms with Gasteiger partial charge in [0.2, 0.25) is 0 Å². The number of hydrogen-bond acceptors (Lipinski definition) is 3. The monoisotopic (exact) mass is 303 g/mol. The molecule has 3 unspecified atom stereocenters. The highest BCUT2D eigenvalue weighted by atomic mass is 35.5. The van der Waals surface area contributed by atoms with E-state index in [0.717, 1.165) is 12.0 Å². The second-order valence-corrected chi connectivity index (χ2v) is 6.27. The van der Waals surface area contributed by atoms with E-state index in [1.807, 2.05) is 24.3 Å². The molecule has 1 saturated heterocycles. The maximum atomic E-state index is 12.2. The number of ether oxygens (including phenoxy) is 1. The SMILES string of the molecule is O=C1C=CC2(OCC(=O)N2Cc2ccc(Cl)cc2)C2CC12. The third-order valence-electron chi connectivity index (χ3n) is 4.58. The molecule has 3 atom stereocenters. The van der Waals surface area contributed by atoms with Crippen LogP contribution in [0.1, 0.15) is 12.0 Å². The molecule has 1 aromatic carbocycles. The van der Waals surface area contributed by atoms with Crippen molar-refractivity contribution in [2.45, 2.75) is 18.7 Å². The third-order valence-corrected chi connectivity index (χ3v) is 4.83. The second-order valence-electron chi connectivity index (χ2n) is 5.83. The van der Waals surface area contributed by atoms with Crippen LogP contribution in [-0.2, 0) is 20.9 Å². The van der Waals surface area contributed by atoms with Crippen LogP contribution in [0.5, 0.6) is 0 Å². The van der Waals surface area contributed by atoms with Crippen molar-refractivity contribution in [1.29, 1.82) is 0 Å². The molecule has 2 aliphatic carbocycles. The van der Waals surface area contributed by atoms with Crippen molar-refractivity contribution < 1.29 is 14.3 Å². The number of rotatable bonds is 2. The molecule has 1 heterocycles. The first kappa shape index (κ1) is 13.0. The van der Waals surface area contributed by atoms with Crippen LogP contribution in [-0.4, -0.2) is 28.9 Å². The van der Waals surface area contributed by atoms with Gasteiger partial charge in [-0.25, -0.2) is 0 Å². The lowest BCUT2D eigenvalue weighted by Gasteiger charge is -2.36. The predicted molar refractivity (Wildman–Crippen MR) is 76.4 cm³/mol. The molecule has 21 heavy (non-hydrogen) atoms. The van der Waals surface area contributed by atoms with Crippen molar-refractivity contribution in [2.24, 2.45) is 11.8 Å². The number of carbonyl (C=O) groups is 2. The summed E-state index contributed by atoms with van der Waals surface area (Å²) in [6.45, 7) is 0.549. The van der Waals surface area contributed by atoms with E-state index in [1.54, 1.807) is 17.1 Å². The Labute approximate surface area is 127 Å². The fourth-order valence-electron chi connectivity index (χ4n) is 3.37. The highest BCUT2D eigenvalue weighted by Gasteiger charge is 2.63. The van der Waals surface area contributed by atoms with Gasteiger partial charge in [0.05, 0.1) is 0 Å². The molecule has 108 valence electrons. The smallest absolute Gasteiger partial charge is 0.251 e. The van der Waals surface area contributed by atoms with Crippen molar-refractivity contribution in [3.63, 3.8) is 0 Å². The molecule has 1 aliphatic heterocycles. The van der Waals surface area contributed by atoms with Gasteiger partial charge in [0, 0.05) is 23.4 Å². The van der Waals surface area contributed by atoms with E-state index in [0.29, 0.717) is 11.6 Å². The molecule has 0 aromatic heterocycles. The van der Waals surface area contributed by atoms with Gasteiger partial charge in [-0.1, -0.05) is 23.7 Å². The van der Waals surface area contributed by atoms with E-state index >= 15 is 0 Å². The summed E-state index contributed by atoms with van der Waals surface area (Å²) in [4.78, 5) is 25.7. The number of amides is 1. The van der Waals surface area contributed by atoms with Gasteiger partial charge < -0.3 is 9.64 Å². The Kier molecular flexibility index (Phi) is 2.75. The van der Waals surface area contributed by atoms with E-state index < -0.39 is 5.72 Å². The van der Waals surface area contributed by atoms with E-state index in [2.05, 4.69) is 0 Å². The summed E-state index contributed by atoms with van der Waals surface area (Å²) < 4.78 is 5.82. The quantitative estimate of drug-likeness (QED) is 0.841. The van der Waals surface area contributed by atoms with Crippen LogP contribution in [0.4, 0.5) is 0 Å². The van der Waals surface area contributed by atoms with Gasteiger partial charge in [0.1, 0.15) is 6.61 Å². The molecule has 5 heteroatoms. The average Bonchev–Trinajstić information content (AvgIpc) is 3.23. The van der Waals surface area contributed by atoms with Crippen molar-refractivity contribution >= 4 is 23.3 Å². The molecule has 1 spiro atoms. The summed E-state index contributed by atoms with van der Waals surface area (Å²) in [6, 6.07) is 7.43. The molecule has 0 N–H and O–H groups in total. The number of nitrogens with zero attached hydrogens (tertiary/aromatic N) is 1. The van der Waals surface area contributed by atoms with E-state index in [-0.39, 0.29) is 30.1 Å². The predicted octanol–water partition coefficient (Wildman–Crippen LogP) is 2.17. The molecule has 1 amide bonds. The van der Waals surface area contributed by atoms with Crippen LogP contribution >= 0.6 is 11.6 Å². The third kappa shape index (κ3) is 1.93. The number of allylic oxidation sites excluding steroid dienone is 1. The lowest BCUT2D eigenvalue weighted by Crippen LogP contribution is -2.48. The van der Waals surface area contributed by atoms with Crippen LogP contribution in [0, 0.1) is 11.8 Å². The van der Waals surface area contributed by atoms with Gasteiger partial charge in [0.15, 0.2) is 11.5 Å². The standard InChI is InChI=1S/C16H14ClNO3/c17-11-3-1-10(2-4-11)8-18-15(20)9-21-16(18)6-5-14(19)12-7-13(12)16/h1-6,12-13H,7-9H2. The minimum Gasteiger partial charge on any atom is -0.342 e. The Balaban J connectivity index is 1.66. The van der Waals surface area contributed by atoms with Crippen LogP contribution in [0.25, 0.3) is 0 Å². The van der Waals surface area contributed by atoms with E-state index in [1.165, 1.54) is 0 Å². The zero-order chi connectivity index (χ0) is 14.6. The van der Waals surface area contributed by atoms with Gasteiger partial charge in [-0.2, -0.15) is 0 Å². The fourth-order valence-corrected chi connectivity index (χ4v) is 3.50. The van der Waals surface area contributed by atoms with Crippen molar-refractivity contribution in [1.82, 2.24) is 4.90 Å². The minimum absolute atomic E-state index is 0.0219. The highest BCUT2D eigenvalue weighted by molar-refractivity contribution is 6.30. The molecule has 4 nitrogen and oxygen atoms in total. The number of fused-ring (bicyclic) bond motifs is 2. The normalized spacial score (nSPS) is 33.7. The summed E-state index contributed by atoms with van der Waals surface area (Å²) >= 11 is 5.89. The molecule has 1 aromatic rings. The zero-order valence-electron chi connectivity index (χ0n) is 11.3. The van der Waals surface area contributed by atoms with Crippen LogP contribution in [0.2, 0.25) is 5.02 Å². The van der Waals surface area contributed by atoms with Crippen LogP contribution < -0.4 is 0 Å². The largest absolute Gasteiger partial charge is 0.342 e. The molecule has 4 rings (SSSR count).